The van der Waals surface area contributed by atoms with E-state index in [0.717, 1.165) is 19.4 Å². The Bertz CT molecular complexity index is 1090. The molecule has 3 aromatic rings. The number of hydrogen-bond acceptors (Lipinski definition) is 3. The first-order valence-electron chi connectivity index (χ1n) is 10.5. The zero-order chi connectivity index (χ0) is 20.7. The molecule has 1 saturated heterocycles. The van der Waals surface area contributed by atoms with E-state index in [1.165, 1.54) is 22.0 Å². The number of urea groups is 1. The third-order valence-electron chi connectivity index (χ3n) is 6.63. The van der Waals surface area contributed by atoms with E-state index in [1.807, 2.05) is 6.07 Å². The highest BCUT2D eigenvalue weighted by molar-refractivity contribution is 6.04. The van der Waals surface area contributed by atoms with Gasteiger partial charge in [-0.15, -0.1) is 0 Å². The van der Waals surface area contributed by atoms with Crippen LogP contribution in [0.2, 0.25) is 0 Å². The van der Waals surface area contributed by atoms with E-state index in [0.29, 0.717) is 30.0 Å². The highest BCUT2D eigenvalue weighted by Crippen LogP contribution is 2.44. The molecule has 3 amide bonds. The zero-order valence-electron chi connectivity index (χ0n) is 17.0. The molecule has 0 saturated carbocycles. The van der Waals surface area contributed by atoms with Gasteiger partial charge in [0, 0.05) is 47.7 Å². The predicted octanol–water partition coefficient (Wildman–Crippen LogP) is 3.27. The molecule has 1 fully saturated rings. The second-order valence-electron chi connectivity index (χ2n) is 8.53. The second kappa shape index (κ2) is 7.61. The molecular weight excluding hydrogens is 376 g/mol. The van der Waals surface area contributed by atoms with Crippen molar-refractivity contribution < 1.29 is 9.59 Å². The first kappa shape index (κ1) is 18.9. The Morgan fingerprint density at radius 2 is 1.97 bits per heavy atom. The fraction of sp³-hybridized carbons (Fsp3) is 0.333. The van der Waals surface area contributed by atoms with Crippen molar-refractivity contribution in [2.24, 2.45) is 5.92 Å². The molecule has 1 unspecified atom stereocenters. The molecule has 2 aliphatic rings. The summed E-state index contributed by atoms with van der Waals surface area (Å²) in [7, 11) is 2.18. The minimum atomic E-state index is -0.438. The van der Waals surface area contributed by atoms with Gasteiger partial charge in [-0.2, -0.15) is 0 Å². The van der Waals surface area contributed by atoms with Crippen LogP contribution in [0, 0.1) is 5.92 Å². The summed E-state index contributed by atoms with van der Waals surface area (Å²) in [5.41, 5.74) is 4.51. The third kappa shape index (κ3) is 3.37. The molecule has 0 radical (unpaired) electrons. The van der Waals surface area contributed by atoms with Crippen LogP contribution in [-0.2, 0) is 6.42 Å². The van der Waals surface area contributed by atoms with Crippen molar-refractivity contribution in [2.75, 3.05) is 20.1 Å². The smallest absolute Gasteiger partial charge is 0.321 e. The predicted molar refractivity (Wildman–Crippen MR) is 117 cm³/mol. The number of carbonyl (C=O) groups is 2. The summed E-state index contributed by atoms with van der Waals surface area (Å²) in [4.78, 5) is 30.3. The number of nitrogens with one attached hydrogen (secondary N) is 3. The summed E-state index contributed by atoms with van der Waals surface area (Å²) in [6.07, 6.45) is 4.25. The molecule has 0 spiro atoms. The fourth-order valence-electron chi connectivity index (χ4n) is 5.25. The van der Waals surface area contributed by atoms with Gasteiger partial charge in [0.1, 0.15) is 0 Å². The standard InChI is InChI=1S/C24H26N4O2/c1-28-14-15(12-26-24(30)27-23(29)16-6-3-2-4-7-16)10-19-18-8-5-9-20-22(18)17(13-25-20)11-21(19)28/h2-9,13,15,19,21,25H,10-12,14H2,1H3,(H2,26,27,29,30)/t15-,19?,21+/m0/s1. The van der Waals surface area contributed by atoms with E-state index in [1.54, 1.807) is 24.3 Å². The topological polar surface area (TPSA) is 77.2 Å². The van der Waals surface area contributed by atoms with Gasteiger partial charge in [0.25, 0.3) is 5.91 Å². The maximum absolute atomic E-state index is 12.3. The van der Waals surface area contributed by atoms with Crippen molar-refractivity contribution in [1.82, 2.24) is 20.5 Å². The van der Waals surface area contributed by atoms with Crippen molar-refractivity contribution >= 4 is 22.8 Å². The van der Waals surface area contributed by atoms with Crippen molar-refractivity contribution in [3.8, 4) is 0 Å². The Kier molecular flexibility index (Phi) is 4.79. The summed E-state index contributed by atoms with van der Waals surface area (Å²) in [6.45, 7) is 1.49. The van der Waals surface area contributed by atoms with Crippen molar-refractivity contribution in [3.63, 3.8) is 0 Å². The van der Waals surface area contributed by atoms with E-state index in [9.17, 15) is 9.59 Å². The number of hydrogen-bond donors (Lipinski definition) is 3. The molecule has 6 nitrogen and oxygen atoms in total. The molecule has 2 aromatic carbocycles. The molecule has 2 heterocycles. The number of likely N-dealkylation sites (tertiary alicyclic amines) is 1. The summed E-state index contributed by atoms with van der Waals surface area (Å²) >= 11 is 0. The minimum Gasteiger partial charge on any atom is -0.361 e. The largest absolute Gasteiger partial charge is 0.361 e. The number of rotatable bonds is 3. The van der Waals surface area contributed by atoms with Gasteiger partial charge in [-0.05, 0) is 55.1 Å². The highest BCUT2D eigenvalue weighted by Gasteiger charge is 2.39. The van der Waals surface area contributed by atoms with Crippen LogP contribution >= 0.6 is 0 Å². The summed E-state index contributed by atoms with van der Waals surface area (Å²) < 4.78 is 0. The fourth-order valence-corrected chi connectivity index (χ4v) is 5.25. The number of piperidine rings is 1. The summed E-state index contributed by atoms with van der Waals surface area (Å²) in [5.74, 6) is 0.411. The number of fused-ring (bicyclic) bond motifs is 2. The number of H-pyrrole nitrogens is 1. The van der Waals surface area contributed by atoms with Crippen LogP contribution in [-0.4, -0.2) is 48.0 Å². The van der Waals surface area contributed by atoms with Crippen LogP contribution in [0.4, 0.5) is 4.79 Å². The molecule has 5 rings (SSSR count). The lowest BCUT2D eigenvalue weighted by Gasteiger charge is -2.45. The molecule has 1 aliphatic heterocycles. The van der Waals surface area contributed by atoms with Crippen LogP contribution in [0.15, 0.2) is 54.7 Å². The van der Waals surface area contributed by atoms with Crippen LogP contribution < -0.4 is 10.6 Å². The van der Waals surface area contributed by atoms with Gasteiger partial charge >= 0.3 is 6.03 Å². The number of imide groups is 1. The number of aromatic amines is 1. The molecule has 1 aromatic heterocycles. The van der Waals surface area contributed by atoms with Gasteiger partial charge in [0.2, 0.25) is 0 Å². The number of aromatic nitrogens is 1. The zero-order valence-corrected chi connectivity index (χ0v) is 17.0. The van der Waals surface area contributed by atoms with Crippen molar-refractivity contribution in [3.05, 3.63) is 71.4 Å². The Morgan fingerprint density at radius 3 is 2.80 bits per heavy atom. The maximum atomic E-state index is 12.3. The molecule has 3 N–H and O–H groups in total. The summed E-state index contributed by atoms with van der Waals surface area (Å²) in [6, 6.07) is 15.4. The highest BCUT2D eigenvalue weighted by atomic mass is 16.2. The third-order valence-corrected chi connectivity index (χ3v) is 6.63. The lowest BCUT2D eigenvalue weighted by Crippen LogP contribution is -2.51. The quantitative estimate of drug-likeness (QED) is 0.629. The van der Waals surface area contributed by atoms with Gasteiger partial charge in [-0.1, -0.05) is 30.3 Å². The lowest BCUT2D eigenvalue weighted by molar-refractivity contribution is 0.0959. The second-order valence-corrected chi connectivity index (χ2v) is 8.53. The monoisotopic (exact) mass is 402 g/mol. The number of amides is 3. The summed E-state index contributed by atoms with van der Waals surface area (Å²) in [5, 5.41) is 6.71. The number of carbonyl (C=O) groups excluding carboxylic acids is 2. The number of likely N-dealkylation sites (N-methyl/N-ethyl adjacent to an activating group) is 1. The van der Waals surface area contributed by atoms with E-state index >= 15 is 0 Å². The minimum absolute atomic E-state index is 0.338. The van der Waals surface area contributed by atoms with Gasteiger partial charge in [-0.3, -0.25) is 10.1 Å². The Balaban J connectivity index is 1.25. The molecule has 0 bridgehead atoms. The van der Waals surface area contributed by atoms with Gasteiger partial charge in [-0.25, -0.2) is 4.79 Å². The first-order valence-corrected chi connectivity index (χ1v) is 10.5. The van der Waals surface area contributed by atoms with Crippen LogP contribution in [0.25, 0.3) is 10.9 Å². The molecule has 6 heteroatoms. The maximum Gasteiger partial charge on any atom is 0.321 e. The van der Waals surface area contributed by atoms with Gasteiger partial charge < -0.3 is 15.2 Å². The van der Waals surface area contributed by atoms with Crippen LogP contribution in [0.1, 0.15) is 33.8 Å². The van der Waals surface area contributed by atoms with Crippen LogP contribution in [0.5, 0.6) is 0 Å². The molecule has 3 atom stereocenters. The lowest BCUT2D eigenvalue weighted by atomic mass is 9.72. The average Bonchev–Trinajstić information content (AvgIpc) is 3.18. The SMILES string of the molecule is CN1C[C@H](CNC(=O)NC(=O)c2ccccc2)CC2c3cccc4[nH]cc(c34)C[C@H]21. The van der Waals surface area contributed by atoms with E-state index in [2.05, 4.69) is 52.0 Å². The number of benzene rings is 2. The molecular formula is C24H26N4O2. The Labute approximate surface area is 175 Å². The molecule has 154 valence electrons. The van der Waals surface area contributed by atoms with Gasteiger partial charge in [0.05, 0.1) is 0 Å². The van der Waals surface area contributed by atoms with E-state index in [-0.39, 0.29) is 5.91 Å². The van der Waals surface area contributed by atoms with E-state index in [4.69, 9.17) is 0 Å². The van der Waals surface area contributed by atoms with Crippen LogP contribution in [0.3, 0.4) is 0 Å². The van der Waals surface area contributed by atoms with Gasteiger partial charge in [0.15, 0.2) is 0 Å². The number of nitrogens with zero attached hydrogens (tertiary/aromatic N) is 1. The van der Waals surface area contributed by atoms with E-state index < -0.39 is 6.03 Å². The van der Waals surface area contributed by atoms with Crippen molar-refractivity contribution in [1.29, 1.82) is 0 Å². The molecule has 30 heavy (non-hydrogen) atoms. The molecule has 1 aliphatic carbocycles. The van der Waals surface area contributed by atoms with Crippen molar-refractivity contribution in [2.45, 2.75) is 24.8 Å². The Hall–Kier alpha value is -3.12. The first-order chi connectivity index (χ1) is 14.6. The average molecular weight is 402 g/mol. The Morgan fingerprint density at radius 1 is 1.13 bits per heavy atom. The normalized spacial score (nSPS) is 23.0.